The molecule has 0 amide bonds. The van der Waals surface area contributed by atoms with Crippen molar-refractivity contribution >= 4 is 19.5 Å². The second-order valence-electron chi connectivity index (χ2n) is 6.81. The molecule has 0 unspecified atom stereocenters. The van der Waals surface area contributed by atoms with Crippen LogP contribution in [0.1, 0.15) is 63.9 Å². The highest BCUT2D eigenvalue weighted by atomic mass is 28.3. The van der Waals surface area contributed by atoms with E-state index < -0.39 is 8.07 Å². The zero-order valence-electron chi connectivity index (χ0n) is 13.9. The fourth-order valence-electron chi connectivity index (χ4n) is 2.27. The van der Waals surface area contributed by atoms with E-state index in [9.17, 15) is 0 Å². The van der Waals surface area contributed by atoms with Gasteiger partial charge in [-0.15, -0.1) is 0 Å². The Kier molecular flexibility index (Phi) is 7.97. The van der Waals surface area contributed by atoms with Crippen molar-refractivity contribution in [3.63, 3.8) is 0 Å². The Bertz CT molecular complexity index is 384. The highest BCUT2D eigenvalue weighted by Gasteiger charge is 2.20. The molecule has 1 aromatic heterocycles. The van der Waals surface area contributed by atoms with Gasteiger partial charge in [0.05, 0.1) is 11.6 Å². The van der Waals surface area contributed by atoms with E-state index in [-0.39, 0.29) is 0 Å². The molecule has 0 N–H and O–H groups in total. The summed E-state index contributed by atoms with van der Waals surface area (Å²) in [6.45, 7) is 9.22. The molecular weight excluding hydrogens is 260 g/mol. The van der Waals surface area contributed by atoms with Gasteiger partial charge in [-0.25, -0.2) is 0 Å². The zero-order valence-corrected chi connectivity index (χ0v) is 14.9. The summed E-state index contributed by atoms with van der Waals surface area (Å²) >= 11 is 0. The monoisotopic (exact) mass is 292 g/mol. The van der Waals surface area contributed by atoms with Gasteiger partial charge in [0.25, 0.3) is 0 Å². The smallest absolute Gasteiger partial charge is 0.123 e. The molecule has 1 heterocycles. The van der Waals surface area contributed by atoms with Crippen LogP contribution >= 0.6 is 0 Å². The Labute approximate surface area is 126 Å². The quantitative estimate of drug-likeness (QED) is 0.382. The average Bonchev–Trinajstić information content (AvgIpc) is 2.85. The van der Waals surface area contributed by atoms with Crippen molar-refractivity contribution < 1.29 is 4.42 Å². The molecular formula is C18H32OSi. The van der Waals surface area contributed by atoms with Crippen LogP contribution < -0.4 is 5.38 Å². The lowest BCUT2D eigenvalue weighted by molar-refractivity contribution is 0.592. The Hall–Kier alpha value is -0.763. The summed E-state index contributed by atoms with van der Waals surface area (Å²) in [5.41, 5.74) is 1.23. The number of rotatable bonds is 10. The van der Waals surface area contributed by atoms with Gasteiger partial charge in [-0.1, -0.05) is 77.2 Å². The van der Waals surface area contributed by atoms with Crippen molar-refractivity contribution in [3.05, 3.63) is 24.0 Å². The predicted molar refractivity (Wildman–Crippen MR) is 93.3 cm³/mol. The first kappa shape index (κ1) is 17.3. The van der Waals surface area contributed by atoms with Crippen LogP contribution in [-0.4, -0.2) is 8.07 Å². The fourth-order valence-corrected chi connectivity index (χ4v) is 3.28. The number of unbranched alkanes of at least 4 members (excludes halogenated alkanes) is 7. The Morgan fingerprint density at radius 3 is 2.25 bits per heavy atom. The number of furan rings is 1. The van der Waals surface area contributed by atoms with Gasteiger partial charge in [-0.05, 0) is 18.9 Å². The highest BCUT2D eigenvalue weighted by molar-refractivity contribution is 6.87. The van der Waals surface area contributed by atoms with E-state index in [2.05, 4.69) is 44.8 Å². The minimum Gasteiger partial charge on any atom is -0.474 e. The second-order valence-corrected chi connectivity index (χ2v) is 11.8. The van der Waals surface area contributed by atoms with Crippen molar-refractivity contribution in [2.24, 2.45) is 0 Å². The summed E-state index contributed by atoms with van der Waals surface area (Å²) in [4.78, 5) is 0. The third kappa shape index (κ3) is 7.13. The lowest BCUT2D eigenvalue weighted by Gasteiger charge is -2.10. The molecule has 1 aromatic rings. The highest BCUT2D eigenvalue weighted by Crippen LogP contribution is 2.11. The molecule has 20 heavy (non-hydrogen) atoms. The van der Waals surface area contributed by atoms with Gasteiger partial charge in [-0.3, -0.25) is 0 Å². The molecule has 2 heteroatoms. The first-order valence-corrected chi connectivity index (χ1v) is 11.8. The molecule has 0 aliphatic heterocycles. The average molecular weight is 293 g/mol. The van der Waals surface area contributed by atoms with Crippen molar-refractivity contribution in [2.75, 3.05) is 0 Å². The first-order valence-electron chi connectivity index (χ1n) is 8.29. The van der Waals surface area contributed by atoms with E-state index in [0.29, 0.717) is 0 Å². The molecule has 0 radical (unpaired) electrons. The summed E-state index contributed by atoms with van der Waals surface area (Å²) < 4.78 is 5.67. The van der Waals surface area contributed by atoms with Crippen LogP contribution in [0.25, 0.3) is 6.08 Å². The Morgan fingerprint density at radius 2 is 1.65 bits per heavy atom. The molecule has 114 valence electrons. The van der Waals surface area contributed by atoms with Crippen LogP contribution in [0.2, 0.25) is 19.6 Å². The molecule has 1 nitrogen and oxygen atoms in total. The molecule has 0 aliphatic carbocycles. The Balaban J connectivity index is 2.14. The van der Waals surface area contributed by atoms with E-state index in [0.717, 1.165) is 0 Å². The minimum absolute atomic E-state index is 1.20. The predicted octanol–water partition coefficient (Wildman–Crippen LogP) is 5.98. The van der Waals surface area contributed by atoms with Crippen LogP contribution in [0.3, 0.4) is 0 Å². The standard InChI is InChI=1S/C18H32OSi/c1-5-6-7-8-9-10-11-12-13-14-17-15-18(19-16-17)20(2,3)4/h13-16H,5-12H2,1-4H3/b14-13-. The van der Waals surface area contributed by atoms with E-state index in [4.69, 9.17) is 4.42 Å². The van der Waals surface area contributed by atoms with Gasteiger partial charge in [0.1, 0.15) is 8.07 Å². The van der Waals surface area contributed by atoms with Crippen molar-refractivity contribution in [1.29, 1.82) is 0 Å². The lowest BCUT2D eigenvalue weighted by Crippen LogP contribution is -2.36. The summed E-state index contributed by atoms with van der Waals surface area (Å²) in [7, 11) is -1.29. The summed E-state index contributed by atoms with van der Waals surface area (Å²) in [5, 5.41) is 1.20. The molecule has 0 saturated heterocycles. The van der Waals surface area contributed by atoms with E-state index in [1.807, 2.05) is 6.26 Å². The van der Waals surface area contributed by atoms with Gasteiger partial charge < -0.3 is 4.42 Å². The molecule has 0 atom stereocenters. The van der Waals surface area contributed by atoms with Crippen LogP contribution in [0.5, 0.6) is 0 Å². The maximum atomic E-state index is 5.67. The van der Waals surface area contributed by atoms with Crippen molar-refractivity contribution in [3.8, 4) is 0 Å². The lowest BCUT2D eigenvalue weighted by atomic mass is 10.1. The normalized spacial score (nSPS) is 12.4. The minimum atomic E-state index is -1.29. The maximum Gasteiger partial charge on any atom is 0.123 e. The van der Waals surface area contributed by atoms with Gasteiger partial charge in [-0.2, -0.15) is 0 Å². The molecule has 0 bridgehead atoms. The molecule has 1 rings (SSSR count). The maximum absolute atomic E-state index is 5.67. The van der Waals surface area contributed by atoms with Crippen LogP contribution in [0, 0.1) is 0 Å². The van der Waals surface area contributed by atoms with E-state index in [1.54, 1.807) is 0 Å². The summed E-state index contributed by atoms with van der Waals surface area (Å²) in [6, 6.07) is 2.22. The molecule has 0 saturated carbocycles. The largest absolute Gasteiger partial charge is 0.474 e. The van der Waals surface area contributed by atoms with E-state index >= 15 is 0 Å². The van der Waals surface area contributed by atoms with Crippen LogP contribution in [-0.2, 0) is 0 Å². The van der Waals surface area contributed by atoms with Crippen LogP contribution in [0.4, 0.5) is 0 Å². The SMILES string of the molecule is CCCCCCCCC/C=C\c1coc([Si](C)(C)C)c1. The molecule has 0 aliphatic rings. The number of hydrogen-bond donors (Lipinski definition) is 0. The Morgan fingerprint density at radius 1 is 1.00 bits per heavy atom. The fraction of sp³-hybridized carbons (Fsp3) is 0.667. The van der Waals surface area contributed by atoms with E-state index in [1.165, 1.54) is 62.3 Å². The molecule has 0 aromatic carbocycles. The van der Waals surface area contributed by atoms with Crippen molar-refractivity contribution in [2.45, 2.75) is 77.9 Å². The van der Waals surface area contributed by atoms with Gasteiger partial charge in [0, 0.05) is 5.56 Å². The van der Waals surface area contributed by atoms with Crippen molar-refractivity contribution in [1.82, 2.24) is 0 Å². The van der Waals surface area contributed by atoms with Gasteiger partial charge >= 0.3 is 0 Å². The molecule has 0 spiro atoms. The summed E-state index contributed by atoms with van der Waals surface area (Å²) in [5.74, 6) is 0. The first-order chi connectivity index (χ1) is 9.54. The third-order valence-electron chi connectivity index (χ3n) is 3.64. The van der Waals surface area contributed by atoms with Gasteiger partial charge in [0.15, 0.2) is 0 Å². The number of hydrogen-bond acceptors (Lipinski definition) is 1. The van der Waals surface area contributed by atoms with Gasteiger partial charge in [0.2, 0.25) is 0 Å². The molecule has 0 fully saturated rings. The number of allylic oxidation sites excluding steroid dienone is 1. The van der Waals surface area contributed by atoms with Crippen LogP contribution in [0.15, 0.2) is 22.8 Å². The zero-order chi connectivity index (χ0) is 14.8. The third-order valence-corrected chi connectivity index (χ3v) is 5.38. The second kappa shape index (κ2) is 9.22. The topological polar surface area (TPSA) is 13.1 Å². The summed E-state index contributed by atoms with van der Waals surface area (Å²) in [6.07, 6.45) is 17.3.